The summed E-state index contributed by atoms with van der Waals surface area (Å²) in [5, 5.41) is 0. The zero-order valence-electron chi connectivity index (χ0n) is 8.65. The van der Waals surface area contributed by atoms with Gasteiger partial charge in [0.2, 0.25) is 5.78 Å². The SMILES string of the molecule is O=C(COc1ccc(I)cc1)c1ccc(Br)s1. The highest BCUT2D eigenvalue weighted by atomic mass is 127. The van der Waals surface area contributed by atoms with Crippen molar-refractivity contribution in [3.8, 4) is 5.75 Å². The third kappa shape index (κ3) is 3.79. The summed E-state index contributed by atoms with van der Waals surface area (Å²) < 4.78 is 7.52. The molecule has 1 aromatic heterocycles. The van der Waals surface area contributed by atoms with Gasteiger partial charge >= 0.3 is 0 Å². The molecule has 0 bridgehead atoms. The average Bonchev–Trinajstić information content (AvgIpc) is 2.75. The van der Waals surface area contributed by atoms with Gasteiger partial charge in [-0.3, -0.25) is 4.79 Å². The first kappa shape index (κ1) is 13.0. The molecule has 2 rings (SSSR count). The van der Waals surface area contributed by atoms with Gasteiger partial charge in [0.05, 0.1) is 8.66 Å². The molecule has 2 aromatic rings. The summed E-state index contributed by atoms with van der Waals surface area (Å²) in [5.41, 5.74) is 0. The maximum absolute atomic E-state index is 11.8. The Labute approximate surface area is 125 Å². The lowest BCUT2D eigenvalue weighted by Crippen LogP contribution is -2.09. The van der Waals surface area contributed by atoms with Crippen LogP contribution in [0.15, 0.2) is 40.2 Å². The Bertz CT molecular complexity index is 522. The van der Waals surface area contributed by atoms with E-state index in [0.717, 1.165) is 13.1 Å². The fourth-order valence-corrected chi connectivity index (χ4v) is 2.88. The predicted octanol–water partition coefficient (Wildman–Crippen LogP) is 4.38. The molecule has 0 radical (unpaired) electrons. The van der Waals surface area contributed by atoms with Crippen molar-refractivity contribution in [2.75, 3.05) is 6.61 Å². The number of thiophene rings is 1. The molecular weight excluding hydrogens is 415 g/mol. The molecule has 0 N–H and O–H groups in total. The molecule has 1 aromatic carbocycles. The second-order valence-corrected chi connectivity index (χ2v) is 6.98. The van der Waals surface area contributed by atoms with E-state index in [1.807, 2.05) is 30.3 Å². The van der Waals surface area contributed by atoms with Gasteiger partial charge in [-0.25, -0.2) is 0 Å². The van der Waals surface area contributed by atoms with Crippen molar-refractivity contribution in [2.45, 2.75) is 0 Å². The van der Waals surface area contributed by atoms with Gasteiger partial charge in [0.1, 0.15) is 5.75 Å². The monoisotopic (exact) mass is 422 g/mol. The predicted molar refractivity (Wildman–Crippen MR) is 81.0 cm³/mol. The van der Waals surface area contributed by atoms with Crippen molar-refractivity contribution in [2.24, 2.45) is 0 Å². The molecule has 2 nitrogen and oxygen atoms in total. The molecule has 0 atom stereocenters. The van der Waals surface area contributed by atoms with E-state index in [1.54, 1.807) is 6.07 Å². The maximum atomic E-state index is 11.8. The Morgan fingerprint density at radius 1 is 1.24 bits per heavy atom. The van der Waals surface area contributed by atoms with Crippen LogP contribution in [-0.4, -0.2) is 12.4 Å². The first-order valence-electron chi connectivity index (χ1n) is 4.82. The number of carbonyl (C=O) groups excluding carboxylic acids is 1. The van der Waals surface area contributed by atoms with Gasteiger partial charge in [-0.1, -0.05) is 0 Å². The fraction of sp³-hybridized carbons (Fsp3) is 0.0833. The summed E-state index contributed by atoms with van der Waals surface area (Å²) in [5.74, 6) is 0.716. The third-order valence-corrected chi connectivity index (χ3v) is 4.42. The summed E-state index contributed by atoms with van der Waals surface area (Å²) >= 11 is 6.97. The van der Waals surface area contributed by atoms with E-state index < -0.39 is 0 Å². The second kappa shape index (κ2) is 5.97. The highest BCUT2D eigenvalue weighted by molar-refractivity contribution is 14.1. The van der Waals surface area contributed by atoms with Crippen molar-refractivity contribution in [3.05, 3.63) is 48.6 Å². The first-order valence-corrected chi connectivity index (χ1v) is 7.51. The Balaban J connectivity index is 1.94. The first-order chi connectivity index (χ1) is 8.15. The Morgan fingerprint density at radius 3 is 2.53 bits per heavy atom. The summed E-state index contributed by atoms with van der Waals surface area (Å²) in [7, 11) is 0. The number of rotatable bonds is 4. The lowest BCUT2D eigenvalue weighted by Gasteiger charge is -2.04. The van der Waals surface area contributed by atoms with E-state index >= 15 is 0 Å². The molecule has 0 aliphatic heterocycles. The van der Waals surface area contributed by atoms with Crippen LogP contribution in [0.2, 0.25) is 0 Å². The molecule has 0 saturated heterocycles. The minimum atomic E-state index is -0.000694. The normalized spacial score (nSPS) is 10.2. The largest absolute Gasteiger partial charge is 0.485 e. The molecule has 0 unspecified atom stereocenters. The van der Waals surface area contributed by atoms with Crippen molar-refractivity contribution < 1.29 is 9.53 Å². The van der Waals surface area contributed by atoms with Gasteiger partial charge in [0.25, 0.3) is 0 Å². The highest BCUT2D eigenvalue weighted by Crippen LogP contribution is 2.22. The molecule has 1 heterocycles. The lowest BCUT2D eigenvalue weighted by molar-refractivity contribution is 0.0925. The van der Waals surface area contributed by atoms with Crippen molar-refractivity contribution >= 4 is 55.6 Å². The third-order valence-electron chi connectivity index (χ3n) is 2.03. The van der Waals surface area contributed by atoms with Crippen molar-refractivity contribution in [1.82, 2.24) is 0 Å². The number of ketones is 1. The van der Waals surface area contributed by atoms with E-state index in [-0.39, 0.29) is 12.4 Å². The van der Waals surface area contributed by atoms with Crippen LogP contribution in [0.25, 0.3) is 0 Å². The second-order valence-electron chi connectivity index (χ2n) is 3.27. The van der Waals surface area contributed by atoms with Gasteiger partial charge in [-0.2, -0.15) is 0 Å². The van der Waals surface area contributed by atoms with Crippen LogP contribution in [0.1, 0.15) is 9.67 Å². The van der Waals surface area contributed by atoms with E-state index in [4.69, 9.17) is 4.74 Å². The number of halogens is 2. The van der Waals surface area contributed by atoms with Crippen LogP contribution in [0, 0.1) is 3.57 Å². The van der Waals surface area contributed by atoms with Crippen LogP contribution >= 0.6 is 49.9 Å². The summed E-state index contributed by atoms with van der Waals surface area (Å²) in [6.45, 7) is 0.0769. The Hall–Kier alpha value is -0.400. The van der Waals surface area contributed by atoms with E-state index in [0.29, 0.717) is 4.88 Å². The van der Waals surface area contributed by atoms with E-state index in [9.17, 15) is 4.79 Å². The number of hydrogen-bond donors (Lipinski definition) is 0. The lowest BCUT2D eigenvalue weighted by atomic mass is 10.3. The van der Waals surface area contributed by atoms with Crippen LogP contribution in [0.3, 0.4) is 0 Å². The summed E-state index contributed by atoms with van der Waals surface area (Å²) in [6.07, 6.45) is 0. The number of ether oxygens (including phenoxy) is 1. The van der Waals surface area contributed by atoms with Crippen LogP contribution < -0.4 is 4.74 Å². The summed E-state index contributed by atoms with van der Waals surface area (Å²) in [6, 6.07) is 11.3. The number of Topliss-reactive ketones (excluding diaryl/α,β-unsaturated/α-hetero) is 1. The quantitative estimate of drug-likeness (QED) is 0.540. The standard InChI is InChI=1S/C12H8BrIO2S/c13-12-6-5-11(17-12)10(15)7-16-9-3-1-8(14)2-4-9/h1-6H,7H2. The van der Waals surface area contributed by atoms with Crippen molar-refractivity contribution in [3.63, 3.8) is 0 Å². The van der Waals surface area contributed by atoms with Gasteiger partial charge in [-0.15, -0.1) is 11.3 Å². The van der Waals surface area contributed by atoms with Gasteiger partial charge in [0.15, 0.2) is 6.61 Å². The molecule has 0 spiro atoms. The van der Waals surface area contributed by atoms with Crippen molar-refractivity contribution in [1.29, 1.82) is 0 Å². The number of carbonyl (C=O) groups is 1. The average molecular weight is 423 g/mol. The minimum absolute atomic E-state index is 0.000694. The Kier molecular flexibility index (Phi) is 4.58. The smallest absolute Gasteiger partial charge is 0.210 e. The van der Waals surface area contributed by atoms with Gasteiger partial charge < -0.3 is 4.74 Å². The molecule has 17 heavy (non-hydrogen) atoms. The molecule has 0 saturated carbocycles. The zero-order chi connectivity index (χ0) is 12.3. The molecular formula is C12H8BrIO2S. The van der Waals surface area contributed by atoms with E-state index in [2.05, 4.69) is 38.5 Å². The zero-order valence-corrected chi connectivity index (χ0v) is 13.2. The molecule has 88 valence electrons. The van der Waals surface area contributed by atoms with Gasteiger partial charge in [0, 0.05) is 3.57 Å². The molecule has 0 fully saturated rings. The minimum Gasteiger partial charge on any atom is -0.485 e. The van der Waals surface area contributed by atoms with Gasteiger partial charge in [-0.05, 0) is 74.9 Å². The highest BCUT2D eigenvalue weighted by Gasteiger charge is 2.09. The topological polar surface area (TPSA) is 26.3 Å². The summed E-state index contributed by atoms with van der Waals surface area (Å²) in [4.78, 5) is 12.5. The van der Waals surface area contributed by atoms with Crippen LogP contribution in [0.4, 0.5) is 0 Å². The Morgan fingerprint density at radius 2 is 1.94 bits per heavy atom. The fourth-order valence-electron chi connectivity index (χ4n) is 1.21. The molecule has 0 aliphatic rings. The number of hydrogen-bond acceptors (Lipinski definition) is 3. The maximum Gasteiger partial charge on any atom is 0.210 e. The van der Waals surface area contributed by atoms with E-state index in [1.165, 1.54) is 11.3 Å². The van der Waals surface area contributed by atoms with Crippen LogP contribution in [0.5, 0.6) is 5.75 Å². The molecule has 0 aliphatic carbocycles. The molecule has 5 heteroatoms. The van der Waals surface area contributed by atoms with Crippen LogP contribution in [-0.2, 0) is 0 Å². The number of benzene rings is 1. The molecule has 0 amide bonds.